The second kappa shape index (κ2) is 7.75. The molecule has 1 N–H and O–H groups in total. The van der Waals surface area contributed by atoms with Crippen LogP contribution in [0.2, 0.25) is 0 Å². The van der Waals surface area contributed by atoms with E-state index in [0.29, 0.717) is 32.8 Å². The van der Waals surface area contributed by atoms with Gasteiger partial charge in [-0.25, -0.2) is 4.79 Å². The molecule has 1 aliphatic rings. The Morgan fingerprint density at radius 3 is 3.00 bits per heavy atom. The van der Waals surface area contributed by atoms with E-state index in [1.807, 2.05) is 37.3 Å². The van der Waals surface area contributed by atoms with Crippen molar-refractivity contribution in [2.24, 2.45) is 0 Å². The highest BCUT2D eigenvalue weighted by Gasteiger charge is 2.23. The lowest BCUT2D eigenvalue weighted by atomic mass is 10.3. The second-order valence-electron chi connectivity index (χ2n) is 4.81. The summed E-state index contributed by atoms with van der Waals surface area (Å²) in [5.41, 5.74) is 0. The average molecular weight is 278 g/mol. The molecule has 20 heavy (non-hydrogen) atoms. The zero-order valence-corrected chi connectivity index (χ0v) is 11.9. The molecular formula is C15H22N2O3. The SMILES string of the molecule is CCCNC(=O)N1CCOC[C@H](Oc2ccccc2)C1. The number of hydrogen-bond donors (Lipinski definition) is 1. The number of nitrogens with one attached hydrogen (secondary N) is 1. The van der Waals surface area contributed by atoms with Crippen LogP contribution in [-0.2, 0) is 4.74 Å². The number of rotatable bonds is 4. The number of ether oxygens (including phenoxy) is 2. The Bertz CT molecular complexity index is 411. The third-order valence-corrected chi connectivity index (χ3v) is 3.09. The summed E-state index contributed by atoms with van der Waals surface area (Å²) in [7, 11) is 0. The molecule has 1 aromatic carbocycles. The fourth-order valence-electron chi connectivity index (χ4n) is 2.07. The van der Waals surface area contributed by atoms with Crippen molar-refractivity contribution in [3.63, 3.8) is 0 Å². The maximum absolute atomic E-state index is 12.0. The van der Waals surface area contributed by atoms with Crippen LogP contribution < -0.4 is 10.1 Å². The van der Waals surface area contributed by atoms with Gasteiger partial charge in [-0.05, 0) is 18.6 Å². The third-order valence-electron chi connectivity index (χ3n) is 3.09. The zero-order chi connectivity index (χ0) is 14.2. The van der Waals surface area contributed by atoms with Crippen LogP contribution in [0.5, 0.6) is 5.75 Å². The standard InChI is InChI=1S/C15H22N2O3/c1-2-8-16-15(18)17-9-10-19-12-14(11-17)20-13-6-4-3-5-7-13/h3-7,14H,2,8-12H2,1H3,(H,16,18)/t14-/m1/s1. The van der Waals surface area contributed by atoms with Crippen LogP contribution in [-0.4, -0.2) is 49.9 Å². The van der Waals surface area contributed by atoms with Crippen LogP contribution in [0.4, 0.5) is 4.79 Å². The number of nitrogens with zero attached hydrogens (tertiary/aromatic N) is 1. The van der Waals surface area contributed by atoms with Gasteiger partial charge in [0, 0.05) is 13.1 Å². The average Bonchev–Trinajstić information content (AvgIpc) is 2.71. The Hall–Kier alpha value is -1.75. The summed E-state index contributed by atoms with van der Waals surface area (Å²) < 4.78 is 11.4. The van der Waals surface area contributed by atoms with E-state index in [4.69, 9.17) is 9.47 Å². The largest absolute Gasteiger partial charge is 0.486 e. The van der Waals surface area contributed by atoms with E-state index in [1.54, 1.807) is 4.90 Å². The predicted octanol–water partition coefficient (Wildman–Crippen LogP) is 1.89. The van der Waals surface area contributed by atoms with Crippen molar-refractivity contribution in [1.82, 2.24) is 10.2 Å². The normalized spacial score (nSPS) is 19.2. The van der Waals surface area contributed by atoms with Crippen molar-refractivity contribution in [1.29, 1.82) is 0 Å². The van der Waals surface area contributed by atoms with Crippen LogP contribution >= 0.6 is 0 Å². The van der Waals surface area contributed by atoms with Crippen molar-refractivity contribution in [2.75, 3.05) is 32.8 Å². The predicted molar refractivity (Wildman–Crippen MR) is 76.9 cm³/mol. The van der Waals surface area contributed by atoms with E-state index in [0.717, 1.165) is 12.2 Å². The molecule has 5 nitrogen and oxygen atoms in total. The van der Waals surface area contributed by atoms with Gasteiger partial charge in [0.05, 0.1) is 19.8 Å². The summed E-state index contributed by atoms with van der Waals surface area (Å²) in [4.78, 5) is 13.8. The van der Waals surface area contributed by atoms with Crippen molar-refractivity contribution in [3.05, 3.63) is 30.3 Å². The minimum absolute atomic E-state index is 0.0426. The van der Waals surface area contributed by atoms with Crippen molar-refractivity contribution >= 4 is 6.03 Å². The summed E-state index contributed by atoms with van der Waals surface area (Å²) in [5, 5.41) is 2.89. The van der Waals surface area contributed by atoms with Crippen LogP contribution in [0.25, 0.3) is 0 Å². The van der Waals surface area contributed by atoms with Gasteiger partial charge in [0.15, 0.2) is 0 Å². The van der Waals surface area contributed by atoms with Gasteiger partial charge < -0.3 is 19.7 Å². The van der Waals surface area contributed by atoms with Crippen molar-refractivity contribution in [2.45, 2.75) is 19.4 Å². The molecule has 0 aliphatic carbocycles. The van der Waals surface area contributed by atoms with E-state index >= 15 is 0 Å². The highest BCUT2D eigenvalue weighted by atomic mass is 16.5. The molecule has 0 radical (unpaired) electrons. The van der Waals surface area contributed by atoms with E-state index < -0.39 is 0 Å². The quantitative estimate of drug-likeness (QED) is 0.915. The fraction of sp³-hybridized carbons (Fsp3) is 0.533. The van der Waals surface area contributed by atoms with Crippen molar-refractivity contribution in [3.8, 4) is 5.75 Å². The number of amides is 2. The van der Waals surface area contributed by atoms with Gasteiger partial charge in [0.1, 0.15) is 11.9 Å². The van der Waals surface area contributed by atoms with Gasteiger partial charge in [-0.1, -0.05) is 25.1 Å². The van der Waals surface area contributed by atoms with Gasteiger partial charge in [0.2, 0.25) is 0 Å². The van der Waals surface area contributed by atoms with Crippen LogP contribution in [0, 0.1) is 0 Å². The molecule has 2 rings (SSSR count). The van der Waals surface area contributed by atoms with Crippen LogP contribution in [0.3, 0.4) is 0 Å². The third kappa shape index (κ3) is 4.42. The molecule has 1 heterocycles. The molecule has 1 atom stereocenters. The maximum atomic E-state index is 12.0. The Morgan fingerprint density at radius 1 is 1.45 bits per heavy atom. The molecule has 1 aromatic rings. The van der Waals surface area contributed by atoms with Crippen LogP contribution in [0.1, 0.15) is 13.3 Å². The lowest BCUT2D eigenvalue weighted by Crippen LogP contribution is -2.45. The Kier molecular flexibility index (Phi) is 5.68. The van der Waals surface area contributed by atoms with Crippen molar-refractivity contribution < 1.29 is 14.3 Å². The first-order valence-corrected chi connectivity index (χ1v) is 7.12. The molecular weight excluding hydrogens is 256 g/mol. The lowest BCUT2D eigenvalue weighted by Gasteiger charge is -2.24. The first-order chi connectivity index (χ1) is 9.79. The van der Waals surface area contributed by atoms with E-state index in [2.05, 4.69) is 5.32 Å². The molecule has 1 fully saturated rings. The van der Waals surface area contributed by atoms with Gasteiger partial charge in [-0.3, -0.25) is 0 Å². The molecule has 0 spiro atoms. The smallest absolute Gasteiger partial charge is 0.317 e. The highest BCUT2D eigenvalue weighted by Crippen LogP contribution is 2.13. The molecule has 0 saturated carbocycles. The topological polar surface area (TPSA) is 50.8 Å². The zero-order valence-electron chi connectivity index (χ0n) is 11.9. The van der Waals surface area contributed by atoms with Gasteiger partial charge in [-0.15, -0.1) is 0 Å². The summed E-state index contributed by atoms with van der Waals surface area (Å²) in [6, 6.07) is 9.58. The Balaban J connectivity index is 1.91. The molecule has 1 aliphatic heterocycles. The van der Waals surface area contributed by atoms with Gasteiger partial charge in [-0.2, -0.15) is 0 Å². The van der Waals surface area contributed by atoms with E-state index in [9.17, 15) is 4.79 Å². The van der Waals surface area contributed by atoms with E-state index in [-0.39, 0.29) is 12.1 Å². The van der Waals surface area contributed by atoms with Gasteiger partial charge in [0.25, 0.3) is 0 Å². The Morgan fingerprint density at radius 2 is 2.25 bits per heavy atom. The summed E-state index contributed by atoms with van der Waals surface area (Å²) in [5.74, 6) is 0.803. The molecule has 0 aromatic heterocycles. The number of carbonyl (C=O) groups is 1. The molecule has 5 heteroatoms. The summed E-state index contributed by atoms with van der Waals surface area (Å²) in [6.07, 6.45) is 0.798. The molecule has 0 unspecified atom stereocenters. The minimum atomic E-state index is -0.132. The number of carbonyl (C=O) groups excluding carboxylic acids is 1. The minimum Gasteiger partial charge on any atom is -0.486 e. The monoisotopic (exact) mass is 278 g/mol. The maximum Gasteiger partial charge on any atom is 0.317 e. The first kappa shape index (κ1) is 14.7. The summed E-state index contributed by atoms with van der Waals surface area (Å²) >= 11 is 0. The number of urea groups is 1. The second-order valence-corrected chi connectivity index (χ2v) is 4.81. The number of hydrogen-bond acceptors (Lipinski definition) is 3. The van der Waals surface area contributed by atoms with Crippen LogP contribution in [0.15, 0.2) is 30.3 Å². The number of benzene rings is 1. The molecule has 0 bridgehead atoms. The van der Waals surface area contributed by atoms with Gasteiger partial charge >= 0.3 is 6.03 Å². The molecule has 1 saturated heterocycles. The van der Waals surface area contributed by atoms with E-state index in [1.165, 1.54) is 0 Å². The fourth-order valence-corrected chi connectivity index (χ4v) is 2.07. The number of para-hydroxylation sites is 1. The summed E-state index contributed by atoms with van der Waals surface area (Å²) in [6.45, 7) is 4.93. The first-order valence-electron chi connectivity index (χ1n) is 7.12. The molecule has 110 valence electrons. The lowest BCUT2D eigenvalue weighted by molar-refractivity contribution is 0.0717. The Labute approximate surface area is 119 Å². The highest BCUT2D eigenvalue weighted by molar-refractivity contribution is 5.74. The molecule has 2 amide bonds.